The number of carbonyl (C=O) groups excluding carboxylic acids is 2. The van der Waals surface area contributed by atoms with Gasteiger partial charge in [-0.05, 0) is 79.3 Å². The molecule has 8 heteroatoms. The van der Waals surface area contributed by atoms with Crippen LogP contribution in [0.5, 0.6) is 0 Å². The second-order valence-electron chi connectivity index (χ2n) is 6.86. The van der Waals surface area contributed by atoms with Crippen molar-refractivity contribution in [2.45, 2.75) is 19.8 Å². The van der Waals surface area contributed by atoms with Crippen LogP contribution in [0.4, 0.5) is 11.4 Å². The van der Waals surface area contributed by atoms with Crippen LogP contribution in [0, 0.1) is 0 Å². The van der Waals surface area contributed by atoms with Gasteiger partial charge in [0.25, 0.3) is 0 Å². The van der Waals surface area contributed by atoms with Gasteiger partial charge < -0.3 is 15.1 Å². The minimum Gasteiger partial charge on any atom is -0.457 e. The molecule has 0 saturated heterocycles. The molecule has 3 aromatic rings. The maximum Gasteiger partial charge on any atom is 0.250 e. The number of rotatable bonds is 7. The van der Waals surface area contributed by atoms with Crippen LogP contribution in [0.1, 0.15) is 25.5 Å². The Morgan fingerprint density at radius 2 is 1.75 bits per heavy atom. The second kappa shape index (κ2) is 11.3. The predicted octanol–water partition coefficient (Wildman–Crippen LogP) is 5.87. The zero-order chi connectivity index (χ0) is 22.9. The lowest BCUT2D eigenvalue weighted by molar-refractivity contribution is -0.116. The molecule has 0 aliphatic rings. The van der Waals surface area contributed by atoms with Gasteiger partial charge in [-0.3, -0.25) is 14.9 Å². The predicted molar refractivity (Wildman–Crippen MR) is 133 cm³/mol. The monoisotopic (exact) mass is 467 g/mol. The molecule has 0 radical (unpaired) electrons. The van der Waals surface area contributed by atoms with Gasteiger partial charge in [-0.1, -0.05) is 24.6 Å². The average Bonchev–Trinajstić information content (AvgIpc) is 3.22. The molecule has 0 atom stereocenters. The molecule has 164 valence electrons. The molecular formula is C24H22ClN3O3S. The minimum atomic E-state index is -0.403. The second-order valence-corrected chi connectivity index (χ2v) is 7.71. The lowest BCUT2D eigenvalue weighted by atomic mass is 10.2. The molecule has 0 saturated carbocycles. The van der Waals surface area contributed by atoms with Crippen LogP contribution in [0.15, 0.2) is 71.2 Å². The number of halogens is 1. The van der Waals surface area contributed by atoms with E-state index < -0.39 is 5.91 Å². The van der Waals surface area contributed by atoms with E-state index in [1.807, 2.05) is 25.1 Å². The van der Waals surface area contributed by atoms with Gasteiger partial charge in [-0.15, -0.1) is 0 Å². The number of furan rings is 1. The van der Waals surface area contributed by atoms with Crippen LogP contribution < -0.4 is 16.0 Å². The van der Waals surface area contributed by atoms with Crippen LogP contribution in [-0.2, 0) is 9.59 Å². The molecule has 0 aliphatic carbocycles. The van der Waals surface area contributed by atoms with E-state index in [2.05, 4.69) is 16.0 Å². The van der Waals surface area contributed by atoms with E-state index in [1.165, 1.54) is 6.08 Å². The van der Waals surface area contributed by atoms with Crippen LogP contribution in [-0.4, -0.2) is 16.9 Å². The SMILES string of the molecule is CCCC(=O)Nc1cccc(NC(=S)NC(=O)C=Cc2ccc(-c3ccc(Cl)cc3)o2)c1. The fourth-order valence-electron chi connectivity index (χ4n) is 2.81. The molecule has 0 bridgehead atoms. The van der Waals surface area contributed by atoms with E-state index in [4.69, 9.17) is 28.2 Å². The highest BCUT2D eigenvalue weighted by Gasteiger charge is 2.06. The molecule has 3 N–H and O–H groups in total. The highest BCUT2D eigenvalue weighted by Crippen LogP contribution is 2.24. The number of thiocarbonyl (C=S) groups is 1. The van der Waals surface area contributed by atoms with Crippen molar-refractivity contribution in [1.29, 1.82) is 0 Å². The number of hydrogen-bond donors (Lipinski definition) is 3. The highest BCUT2D eigenvalue weighted by molar-refractivity contribution is 7.80. The molecule has 2 aromatic carbocycles. The molecule has 0 spiro atoms. The van der Waals surface area contributed by atoms with Crippen molar-refractivity contribution in [2.75, 3.05) is 10.6 Å². The molecule has 1 heterocycles. The number of carbonyl (C=O) groups is 2. The van der Waals surface area contributed by atoms with Crippen molar-refractivity contribution in [2.24, 2.45) is 0 Å². The van der Waals surface area contributed by atoms with Gasteiger partial charge in [-0.2, -0.15) is 0 Å². The smallest absolute Gasteiger partial charge is 0.250 e. The van der Waals surface area contributed by atoms with Gasteiger partial charge in [0.1, 0.15) is 11.5 Å². The Kier molecular flexibility index (Phi) is 8.19. The Hall–Kier alpha value is -3.42. The Bertz CT molecular complexity index is 1140. The molecule has 2 amide bonds. The first-order valence-electron chi connectivity index (χ1n) is 9.98. The summed E-state index contributed by atoms with van der Waals surface area (Å²) in [7, 11) is 0. The largest absolute Gasteiger partial charge is 0.457 e. The number of anilines is 2. The van der Waals surface area contributed by atoms with Gasteiger partial charge in [0.05, 0.1) is 0 Å². The zero-order valence-corrected chi connectivity index (χ0v) is 18.9. The van der Waals surface area contributed by atoms with E-state index in [0.29, 0.717) is 34.3 Å². The Balaban J connectivity index is 1.53. The maximum atomic E-state index is 12.2. The summed E-state index contributed by atoms with van der Waals surface area (Å²) in [4.78, 5) is 23.9. The summed E-state index contributed by atoms with van der Waals surface area (Å²) in [5.74, 6) is 0.742. The molecule has 0 unspecified atom stereocenters. The first-order valence-corrected chi connectivity index (χ1v) is 10.8. The summed E-state index contributed by atoms with van der Waals surface area (Å²) in [6, 6.07) is 18.0. The fourth-order valence-corrected chi connectivity index (χ4v) is 3.16. The van der Waals surface area contributed by atoms with E-state index in [9.17, 15) is 9.59 Å². The van der Waals surface area contributed by atoms with Crippen molar-refractivity contribution in [1.82, 2.24) is 5.32 Å². The van der Waals surface area contributed by atoms with Crippen molar-refractivity contribution >= 4 is 58.2 Å². The zero-order valence-electron chi connectivity index (χ0n) is 17.4. The summed E-state index contributed by atoms with van der Waals surface area (Å²) in [5, 5.41) is 9.10. The van der Waals surface area contributed by atoms with E-state index >= 15 is 0 Å². The van der Waals surface area contributed by atoms with Gasteiger partial charge in [0.2, 0.25) is 11.8 Å². The molecule has 1 aromatic heterocycles. The average molecular weight is 468 g/mol. The van der Waals surface area contributed by atoms with Crippen LogP contribution in [0.25, 0.3) is 17.4 Å². The number of amides is 2. The topological polar surface area (TPSA) is 83.4 Å². The van der Waals surface area contributed by atoms with Gasteiger partial charge in [0.15, 0.2) is 5.11 Å². The van der Waals surface area contributed by atoms with Gasteiger partial charge in [0, 0.05) is 34.5 Å². The van der Waals surface area contributed by atoms with Crippen LogP contribution in [0.2, 0.25) is 5.02 Å². The van der Waals surface area contributed by atoms with Crippen molar-refractivity contribution in [3.05, 3.63) is 77.5 Å². The molecule has 0 aliphatic heterocycles. The van der Waals surface area contributed by atoms with E-state index in [0.717, 1.165) is 12.0 Å². The summed E-state index contributed by atoms with van der Waals surface area (Å²) < 4.78 is 5.73. The third-order valence-electron chi connectivity index (χ3n) is 4.27. The van der Waals surface area contributed by atoms with Crippen LogP contribution in [0.3, 0.4) is 0 Å². The molecular weight excluding hydrogens is 446 g/mol. The first kappa shape index (κ1) is 23.2. The summed E-state index contributed by atoms with van der Waals surface area (Å²) in [6.45, 7) is 1.94. The Morgan fingerprint density at radius 3 is 2.47 bits per heavy atom. The van der Waals surface area contributed by atoms with Crippen LogP contribution >= 0.6 is 23.8 Å². The minimum absolute atomic E-state index is 0.0530. The first-order chi connectivity index (χ1) is 15.4. The number of benzene rings is 2. The lowest BCUT2D eigenvalue weighted by Gasteiger charge is -2.10. The summed E-state index contributed by atoms with van der Waals surface area (Å²) in [5.41, 5.74) is 2.18. The third kappa shape index (κ3) is 7.08. The molecule has 3 rings (SSSR count). The lowest BCUT2D eigenvalue weighted by Crippen LogP contribution is -2.32. The molecule has 6 nitrogen and oxygen atoms in total. The molecule has 32 heavy (non-hydrogen) atoms. The van der Waals surface area contributed by atoms with E-state index in [1.54, 1.807) is 48.5 Å². The van der Waals surface area contributed by atoms with Gasteiger partial charge in [-0.25, -0.2) is 0 Å². The van der Waals surface area contributed by atoms with Crippen molar-refractivity contribution in [3.8, 4) is 11.3 Å². The standard InChI is InChI=1S/C24H22ClN3O3S/c1-2-4-22(29)26-18-5-3-6-19(15-18)27-24(32)28-23(30)14-12-20-11-13-21(31-20)16-7-9-17(25)10-8-16/h3,5-15H,2,4H2,1H3,(H,26,29)(H2,27,28,30,32). The summed E-state index contributed by atoms with van der Waals surface area (Å²) >= 11 is 11.1. The molecule has 0 fully saturated rings. The normalized spacial score (nSPS) is 10.7. The Labute approximate surface area is 196 Å². The number of nitrogens with one attached hydrogen (secondary N) is 3. The van der Waals surface area contributed by atoms with E-state index in [-0.39, 0.29) is 11.0 Å². The quantitative estimate of drug-likeness (QED) is 0.299. The summed E-state index contributed by atoms with van der Waals surface area (Å²) in [6.07, 6.45) is 4.12. The van der Waals surface area contributed by atoms with Gasteiger partial charge >= 0.3 is 0 Å². The Morgan fingerprint density at radius 1 is 1.03 bits per heavy atom. The van der Waals surface area contributed by atoms with Crippen molar-refractivity contribution in [3.63, 3.8) is 0 Å². The maximum absolute atomic E-state index is 12.2. The van der Waals surface area contributed by atoms with Crippen molar-refractivity contribution < 1.29 is 14.0 Å². The highest BCUT2D eigenvalue weighted by atomic mass is 35.5. The third-order valence-corrected chi connectivity index (χ3v) is 4.73. The fraction of sp³-hybridized carbons (Fsp3) is 0.125. The number of hydrogen-bond acceptors (Lipinski definition) is 4.